The van der Waals surface area contributed by atoms with Gasteiger partial charge in [-0.2, -0.15) is 0 Å². The number of carbonyl (C=O) groups is 1. The zero-order chi connectivity index (χ0) is 19.6. The summed E-state index contributed by atoms with van der Waals surface area (Å²) >= 11 is 0. The first-order valence-corrected chi connectivity index (χ1v) is 8.20. The van der Waals surface area contributed by atoms with E-state index in [1.165, 1.54) is 27.5 Å². The number of ether oxygens (including phenoxy) is 3. The van der Waals surface area contributed by atoms with E-state index >= 15 is 0 Å². The van der Waals surface area contributed by atoms with Gasteiger partial charge in [0.2, 0.25) is 5.43 Å². The minimum atomic E-state index is -0.507. The van der Waals surface area contributed by atoms with Crippen LogP contribution in [0.2, 0.25) is 0 Å². The number of methoxy groups -OCH3 is 3. The number of para-hydroxylation sites is 1. The van der Waals surface area contributed by atoms with E-state index in [0.717, 1.165) is 0 Å². The van der Waals surface area contributed by atoms with Gasteiger partial charge in [-0.3, -0.25) is 9.59 Å². The second-order valence-corrected chi connectivity index (χ2v) is 5.86. The van der Waals surface area contributed by atoms with Crippen LogP contribution in [0.25, 0.3) is 10.9 Å². The van der Waals surface area contributed by atoms with Gasteiger partial charge in [-0.1, -0.05) is 6.07 Å². The van der Waals surface area contributed by atoms with Crippen molar-refractivity contribution in [2.45, 2.75) is 0 Å². The third-order valence-corrected chi connectivity index (χ3v) is 4.27. The number of rotatable bonds is 5. The highest BCUT2D eigenvalue weighted by molar-refractivity contribution is 6.06. The number of aryl methyl sites for hydroxylation is 1. The first-order chi connectivity index (χ1) is 13.0. The van der Waals surface area contributed by atoms with Crippen molar-refractivity contribution in [1.82, 2.24) is 4.57 Å². The van der Waals surface area contributed by atoms with Crippen LogP contribution >= 0.6 is 0 Å². The van der Waals surface area contributed by atoms with Crippen LogP contribution in [-0.2, 0) is 7.05 Å². The van der Waals surface area contributed by atoms with Crippen LogP contribution in [0, 0.1) is 0 Å². The number of amides is 1. The smallest absolute Gasteiger partial charge is 0.261 e. The SMILES string of the molecule is COc1ccc(NC(=O)c2cn(C)c3c(OC)cccc3c2=O)cc1OC. The Morgan fingerprint density at radius 3 is 2.33 bits per heavy atom. The normalized spacial score (nSPS) is 10.5. The van der Waals surface area contributed by atoms with Crippen LogP contribution in [0.4, 0.5) is 5.69 Å². The molecule has 3 rings (SSSR count). The standard InChI is InChI=1S/C20H20N2O5/c1-22-11-14(19(23)13-6-5-7-16(26-3)18(13)22)20(24)21-12-8-9-15(25-2)17(10-12)27-4/h5-11H,1-4H3,(H,21,24). The molecule has 0 saturated carbocycles. The molecule has 1 heterocycles. The van der Waals surface area contributed by atoms with E-state index in [4.69, 9.17) is 14.2 Å². The van der Waals surface area contributed by atoms with Gasteiger partial charge in [0.25, 0.3) is 5.91 Å². The van der Waals surface area contributed by atoms with Crippen molar-refractivity contribution >= 4 is 22.5 Å². The molecule has 0 aliphatic carbocycles. The van der Waals surface area contributed by atoms with Gasteiger partial charge in [-0.25, -0.2) is 0 Å². The van der Waals surface area contributed by atoms with Gasteiger partial charge in [-0.05, 0) is 24.3 Å². The lowest BCUT2D eigenvalue weighted by molar-refractivity contribution is 0.102. The second-order valence-electron chi connectivity index (χ2n) is 5.86. The van der Waals surface area contributed by atoms with Crippen molar-refractivity contribution in [3.63, 3.8) is 0 Å². The molecular weight excluding hydrogens is 348 g/mol. The molecule has 0 aliphatic heterocycles. The number of benzene rings is 2. The Bertz CT molecular complexity index is 1070. The molecule has 1 N–H and O–H groups in total. The molecule has 2 aromatic carbocycles. The topological polar surface area (TPSA) is 78.8 Å². The van der Waals surface area contributed by atoms with E-state index in [2.05, 4.69) is 5.32 Å². The van der Waals surface area contributed by atoms with Crippen molar-refractivity contribution in [3.8, 4) is 17.2 Å². The fourth-order valence-electron chi connectivity index (χ4n) is 2.97. The molecule has 0 aliphatic rings. The number of anilines is 1. The number of carbonyl (C=O) groups excluding carboxylic acids is 1. The predicted octanol–water partition coefficient (Wildman–Crippen LogP) is 2.82. The van der Waals surface area contributed by atoms with Crippen molar-refractivity contribution < 1.29 is 19.0 Å². The minimum Gasteiger partial charge on any atom is -0.495 e. The third-order valence-electron chi connectivity index (χ3n) is 4.27. The molecule has 0 saturated heterocycles. The van der Waals surface area contributed by atoms with Crippen molar-refractivity contribution in [2.24, 2.45) is 7.05 Å². The molecule has 1 aromatic heterocycles. The van der Waals surface area contributed by atoms with Gasteiger partial charge in [0, 0.05) is 25.0 Å². The van der Waals surface area contributed by atoms with Crippen LogP contribution < -0.4 is 25.0 Å². The van der Waals surface area contributed by atoms with Gasteiger partial charge >= 0.3 is 0 Å². The summed E-state index contributed by atoms with van der Waals surface area (Å²) in [6, 6.07) is 10.1. The molecule has 7 heteroatoms. The van der Waals surface area contributed by atoms with Gasteiger partial charge in [0.05, 0.1) is 32.2 Å². The summed E-state index contributed by atoms with van der Waals surface area (Å²) in [5, 5.41) is 3.14. The maximum Gasteiger partial charge on any atom is 0.261 e. The minimum absolute atomic E-state index is 0.0352. The van der Waals surface area contributed by atoms with Gasteiger partial charge in [0.15, 0.2) is 11.5 Å². The molecule has 140 valence electrons. The zero-order valence-electron chi connectivity index (χ0n) is 15.5. The first kappa shape index (κ1) is 18.3. The van der Waals surface area contributed by atoms with Gasteiger partial charge < -0.3 is 24.1 Å². The fraction of sp³-hybridized carbons (Fsp3) is 0.200. The molecular formula is C20H20N2O5. The highest BCUT2D eigenvalue weighted by Gasteiger charge is 2.17. The van der Waals surface area contributed by atoms with Crippen LogP contribution in [0.1, 0.15) is 10.4 Å². The fourth-order valence-corrected chi connectivity index (χ4v) is 2.97. The van der Waals surface area contributed by atoms with Crippen LogP contribution in [0.5, 0.6) is 17.2 Å². The number of pyridine rings is 1. The van der Waals surface area contributed by atoms with Crippen molar-refractivity contribution in [3.05, 3.63) is 58.4 Å². The number of nitrogens with one attached hydrogen (secondary N) is 1. The van der Waals surface area contributed by atoms with E-state index in [1.807, 2.05) is 0 Å². The van der Waals surface area contributed by atoms with Gasteiger partial charge in [0.1, 0.15) is 11.3 Å². The second kappa shape index (κ2) is 7.41. The molecule has 3 aromatic rings. The van der Waals surface area contributed by atoms with E-state index in [0.29, 0.717) is 33.8 Å². The third kappa shape index (κ3) is 3.31. The summed E-state index contributed by atoms with van der Waals surface area (Å²) in [4.78, 5) is 25.5. The maximum absolute atomic E-state index is 12.8. The van der Waals surface area contributed by atoms with Gasteiger partial charge in [-0.15, -0.1) is 0 Å². The Morgan fingerprint density at radius 2 is 1.67 bits per heavy atom. The Kier molecular flexibility index (Phi) is 5.03. The summed E-state index contributed by atoms with van der Waals surface area (Å²) in [6.07, 6.45) is 1.50. The summed E-state index contributed by atoms with van der Waals surface area (Å²) in [5.74, 6) is 1.09. The van der Waals surface area contributed by atoms with Crippen LogP contribution in [0.15, 0.2) is 47.4 Å². The Morgan fingerprint density at radius 1 is 0.963 bits per heavy atom. The van der Waals surface area contributed by atoms with E-state index in [-0.39, 0.29) is 11.0 Å². The summed E-state index contributed by atoms with van der Waals surface area (Å²) in [5.41, 5.74) is 0.797. The van der Waals surface area contributed by atoms with E-state index in [9.17, 15) is 9.59 Å². The molecule has 7 nitrogen and oxygen atoms in total. The lowest BCUT2D eigenvalue weighted by Gasteiger charge is -2.13. The maximum atomic E-state index is 12.8. The van der Waals surface area contributed by atoms with Crippen molar-refractivity contribution in [2.75, 3.05) is 26.6 Å². The van der Waals surface area contributed by atoms with Crippen LogP contribution in [-0.4, -0.2) is 31.8 Å². The molecule has 0 fully saturated rings. The Labute approximate surface area is 156 Å². The lowest BCUT2D eigenvalue weighted by atomic mass is 10.1. The van der Waals surface area contributed by atoms with Crippen LogP contribution in [0.3, 0.4) is 0 Å². The Hall–Kier alpha value is -3.48. The lowest BCUT2D eigenvalue weighted by Crippen LogP contribution is -2.23. The molecule has 0 radical (unpaired) electrons. The Balaban J connectivity index is 2.02. The number of nitrogens with zero attached hydrogens (tertiary/aromatic N) is 1. The predicted molar refractivity (Wildman–Crippen MR) is 103 cm³/mol. The molecule has 0 spiro atoms. The molecule has 0 atom stereocenters. The average molecular weight is 368 g/mol. The first-order valence-electron chi connectivity index (χ1n) is 8.20. The monoisotopic (exact) mass is 368 g/mol. The number of aromatic nitrogens is 1. The number of hydrogen-bond acceptors (Lipinski definition) is 5. The molecule has 0 unspecified atom stereocenters. The van der Waals surface area contributed by atoms with E-state index in [1.54, 1.807) is 48.0 Å². The highest BCUT2D eigenvalue weighted by atomic mass is 16.5. The number of fused-ring (bicyclic) bond motifs is 1. The highest BCUT2D eigenvalue weighted by Crippen LogP contribution is 2.30. The van der Waals surface area contributed by atoms with E-state index < -0.39 is 5.91 Å². The van der Waals surface area contributed by atoms with Crippen molar-refractivity contribution in [1.29, 1.82) is 0 Å². The summed E-state index contributed by atoms with van der Waals surface area (Å²) in [7, 11) is 6.34. The largest absolute Gasteiger partial charge is 0.495 e. The quantitative estimate of drug-likeness (QED) is 0.749. The molecule has 1 amide bonds. The average Bonchev–Trinajstić information content (AvgIpc) is 2.69. The number of hydrogen-bond donors (Lipinski definition) is 1. The molecule has 0 bridgehead atoms. The summed E-state index contributed by atoms with van der Waals surface area (Å²) < 4.78 is 17.4. The zero-order valence-corrected chi connectivity index (χ0v) is 15.5. The summed E-state index contributed by atoms with van der Waals surface area (Å²) in [6.45, 7) is 0. The molecule has 27 heavy (non-hydrogen) atoms.